The number of nitrogens with zero attached hydrogens (tertiary/aromatic N) is 2. The number of nitrogens with one attached hydrogen (secondary N) is 1. The van der Waals surface area contributed by atoms with Gasteiger partial charge in [0.2, 0.25) is 5.91 Å². The van der Waals surface area contributed by atoms with Gasteiger partial charge in [0.1, 0.15) is 11.4 Å². The fourth-order valence-electron chi connectivity index (χ4n) is 2.47. The highest BCUT2D eigenvalue weighted by molar-refractivity contribution is 7.06. The first-order valence-corrected chi connectivity index (χ1v) is 9.11. The second-order valence-corrected chi connectivity index (χ2v) is 6.80. The predicted octanol–water partition coefficient (Wildman–Crippen LogP) is 4.56. The highest BCUT2D eigenvalue weighted by Gasteiger charge is 2.17. The molecule has 0 unspecified atom stereocenters. The average molecular weight is 376 g/mol. The van der Waals surface area contributed by atoms with E-state index in [1.807, 2.05) is 36.0 Å². The lowest BCUT2D eigenvalue weighted by Crippen LogP contribution is -2.11. The zero-order valence-corrected chi connectivity index (χ0v) is 15.3. The van der Waals surface area contributed by atoms with E-state index in [0.717, 1.165) is 17.1 Å². The molecule has 1 amide bonds. The monoisotopic (exact) mass is 375 g/mol. The van der Waals surface area contributed by atoms with Crippen molar-refractivity contribution in [2.75, 3.05) is 5.32 Å². The molecule has 0 aliphatic carbocycles. The summed E-state index contributed by atoms with van der Waals surface area (Å²) in [7, 11) is 0. The van der Waals surface area contributed by atoms with Crippen molar-refractivity contribution in [1.82, 2.24) is 8.94 Å². The summed E-state index contributed by atoms with van der Waals surface area (Å²) in [6.45, 7) is 2.90. The van der Waals surface area contributed by atoms with Gasteiger partial charge in [0.05, 0.1) is 10.7 Å². The van der Waals surface area contributed by atoms with Crippen molar-refractivity contribution < 1.29 is 9.90 Å². The van der Waals surface area contributed by atoms with E-state index in [2.05, 4.69) is 9.69 Å². The minimum absolute atomic E-state index is 0.0672. The molecule has 0 aliphatic heterocycles. The minimum atomic E-state index is -0.0672. The van der Waals surface area contributed by atoms with E-state index in [1.165, 1.54) is 11.5 Å². The van der Waals surface area contributed by atoms with Crippen molar-refractivity contribution in [3.63, 3.8) is 0 Å². The lowest BCUT2D eigenvalue weighted by Gasteiger charge is -2.03. The number of phenolic OH excluding ortho intramolecular Hbond substituents is 1. The quantitative estimate of drug-likeness (QED) is 0.663. The number of hydrogen-bond donors (Lipinski definition) is 2. The molecule has 3 aromatic rings. The molecule has 0 spiro atoms. The van der Waals surface area contributed by atoms with Crippen molar-refractivity contribution in [3.8, 4) is 17.0 Å². The number of hydrogen-bond acceptors (Lipinski definition) is 4. The maximum absolute atomic E-state index is 12.1. The molecule has 130 valence electrons. The largest absolute Gasteiger partial charge is 0.507 e. The number of aromatic hydroxyl groups is 1. The van der Waals surface area contributed by atoms with Crippen LogP contribution in [0.15, 0.2) is 42.7 Å². The molecule has 0 radical (unpaired) electrons. The van der Waals surface area contributed by atoms with Gasteiger partial charge in [-0.1, -0.05) is 23.7 Å². The van der Waals surface area contributed by atoms with Gasteiger partial charge in [0.15, 0.2) is 0 Å². The van der Waals surface area contributed by atoms with Gasteiger partial charge in [-0.2, -0.15) is 4.37 Å². The van der Waals surface area contributed by atoms with E-state index < -0.39 is 0 Å². The van der Waals surface area contributed by atoms with Crippen LogP contribution in [0.4, 0.5) is 5.69 Å². The second-order valence-electron chi connectivity index (χ2n) is 5.56. The van der Waals surface area contributed by atoms with Gasteiger partial charge < -0.3 is 15.0 Å². The molecule has 2 heterocycles. The van der Waals surface area contributed by atoms with Gasteiger partial charge in [-0.05, 0) is 43.1 Å². The van der Waals surface area contributed by atoms with Crippen LogP contribution in [0.25, 0.3) is 11.3 Å². The van der Waals surface area contributed by atoms with Crippen molar-refractivity contribution in [2.45, 2.75) is 26.3 Å². The molecule has 0 aliphatic rings. The van der Waals surface area contributed by atoms with Crippen LogP contribution in [0.1, 0.15) is 18.2 Å². The maximum atomic E-state index is 12.1. The molecular weight excluding hydrogens is 358 g/mol. The Morgan fingerprint density at radius 3 is 2.88 bits per heavy atom. The van der Waals surface area contributed by atoms with Gasteiger partial charge in [0.25, 0.3) is 0 Å². The lowest BCUT2D eigenvalue weighted by atomic mass is 10.1. The lowest BCUT2D eigenvalue weighted by molar-refractivity contribution is -0.116. The third kappa shape index (κ3) is 4.03. The molecule has 3 rings (SSSR count). The topological polar surface area (TPSA) is 67.2 Å². The Morgan fingerprint density at radius 1 is 1.36 bits per heavy atom. The van der Waals surface area contributed by atoms with E-state index >= 15 is 0 Å². The summed E-state index contributed by atoms with van der Waals surface area (Å²) in [6.07, 6.45) is 4.64. The molecule has 2 N–H and O–H groups in total. The van der Waals surface area contributed by atoms with E-state index in [-0.39, 0.29) is 11.7 Å². The molecule has 0 fully saturated rings. The highest BCUT2D eigenvalue weighted by atomic mass is 35.5. The number of halogens is 1. The Morgan fingerprint density at radius 2 is 2.16 bits per heavy atom. The molecule has 25 heavy (non-hydrogen) atoms. The van der Waals surface area contributed by atoms with Gasteiger partial charge in [-0.3, -0.25) is 4.79 Å². The Kier molecular flexibility index (Phi) is 5.40. The fraction of sp³-hybridized carbons (Fsp3) is 0.222. The molecule has 5 nitrogen and oxygen atoms in total. The molecule has 2 aromatic heterocycles. The molecule has 0 bridgehead atoms. The number of carbonyl (C=O) groups excluding carboxylic acids is 1. The van der Waals surface area contributed by atoms with E-state index in [1.54, 1.807) is 18.2 Å². The summed E-state index contributed by atoms with van der Waals surface area (Å²) >= 11 is 7.66. The smallest absolute Gasteiger partial charge is 0.224 e. The first-order chi connectivity index (χ1) is 12.1. The number of para-hydroxylation sites is 1. The van der Waals surface area contributed by atoms with Gasteiger partial charge in [0, 0.05) is 35.8 Å². The van der Waals surface area contributed by atoms with Crippen LogP contribution in [0.5, 0.6) is 5.75 Å². The van der Waals surface area contributed by atoms with Crippen LogP contribution in [-0.2, 0) is 17.8 Å². The van der Waals surface area contributed by atoms with Crippen LogP contribution in [-0.4, -0.2) is 20.0 Å². The Bertz CT molecular complexity index is 888. The SMILES string of the molecule is CCn1ccc(NC(=O)CCc2snc(-c3ccccc3O)c2Cl)c1. The normalized spacial score (nSPS) is 10.8. The third-order valence-corrected chi connectivity index (χ3v) is 5.26. The summed E-state index contributed by atoms with van der Waals surface area (Å²) in [6, 6.07) is 8.81. The van der Waals surface area contributed by atoms with Crippen molar-refractivity contribution in [1.29, 1.82) is 0 Å². The van der Waals surface area contributed by atoms with Crippen LogP contribution in [0, 0.1) is 0 Å². The zero-order valence-electron chi connectivity index (χ0n) is 13.7. The number of rotatable bonds is 6. The number of aryl methyl sites for hydroxylation is 2. The van der Waals surface area contributed by atoms with Gasteiger partial charge in [-0.25, -0.2) is 0 Å². The van der Waals surface area contributed by atoms with Crippen LogP contribution >= 0.6 is 23.1 Å². The molecule has 7 heteroatoms. The van der Waals surface area contributed by atoms with Crippen molar-refractivity contribution >= 4 is 34.7 Å². The maximum Gasteiger partial charge on any atom is 0.224 e. The summed E-state index contributed by atoms with van der Waals surface area (Å²) < 4.78 is 6.33. The molecular formula is C18H18ClN3O2S. The number of anilines is 1. The average Bonchev–Trinajstić information content (AvgIpc) is 3.20. The first kappa shape index (κ1) is 17.5. The molecule has 0 saturated carbocycles. The van der Waals surface area contributed by atoms with Crippen LogP contribution in [0.2, 0.25) is 5.02 Å². The van der Waals surface area contributed by atoms with Crippen molar-refractivity contribution in [2.24, 2.45) is 0 Å². The van der Waals surface area contributed by atoms with E-state index in [9.17, 15) is 9.90 Å². The number of amides is 1. The number of carbonyl (C=O) groups is 1. The van der Waals surface area contributed by atoms with Crippen LogP contribution in [0.3, 0.4) is 0 Å². The minimum Gasteiger partial charge on any atom is -0.507 e. The molecule has 0 saturated heterocycles. The zero-order chi connectivity index (χ0) is 17.8. The van der Waals surface area contributed by atoms with E-state index in [4.69, 9.17) is 11.6 Å². The summed E-state index contributed by atoms with van der Waals surface area (Å²) in [5, 5.41) is 13.3. The van der Waals surface area contributed by atoms with E-state index in [0.29, 0.717) is 29.1 Å². The van der Waals surface area contributed by atoms with Gasteiger partial charge >= 0.3 is 0 Å². The van der Waals surface area contributed by atoms with Crippen LogP contribution < -0.4 is 5.32 Å². The summed E-state index contributed by atoms with van der Waals surface area (Å²) in [5.41, 5.74) is 1.94. The van der Waals surface area contributed by atoms with Gasteiger partial charge in [-0.15, -0.1) is 0 Å². The third-order valence-electron chi connectivity index (χ3n) is 3.84. The number of phenols is 1. The number of aromatic nitrogens is 2. The first-order valence-electron chi connectivity index (χ1n) is 7.96. The second kappa shape index (κ2) is 7.72. The molecule has 0 atom stereocenters. The highest BCUT2D eigenvalue weighted by Crippen LogP contribution is 2.37. The summed E-state index contributed by atoms with van der Waals surface area (Å²) in [5.74, 6) is 0.0712. The van der Waals surface area contributed by atoms with Crippen molar-refractivity contribution in [3.05, 3.63) is 52.6 Å². The number of benzene rings is 1. The predicted molar refractivity (Wildman–Crippen MR) is 101 cm³/mol. The Hall–Kier alpha value is -2.31. The Labute approximate surface area is 155 Å². The summed E-state index contributed by atoms with van der Waals surface area (Å²) in [4.78, 5) is 12.9. The molecule has 1 aromatic carbocycles. The fourth-order valence-corrected chi connectivity index (χ4v) is 3.63. The standard InChI is InChI=1S/C18H18ClN3O2S/c1-2-22-10-9-12(11-22)20-16(24)8-7-15-17(19)18(21-25-15)13-5-3-4-6-14(13)23/h3-6,9-11,23H,2,7-8H2,1H3,(H,20,24). The Balaban J connectivity index is 1.64.